The van der Waals surface area contributed by atoms with Crippen molar-refractivity contribution in [2.24, 2.45) is 5.92 Å². The van der Waals surface area contributed by atoms with Crippen molar-refractivity contribution in [3.8, 4) is 0 Å². The van der Waals surface area contributed by atoms with Crippen molar-refractivity contribution in [3.63, 3.8) is 0 Å². The van der Waals surface area contributed by atoms with Gasteiger partial charge in [-0.2, -0.15) is 0 Å². The zero-order valence-corrected chi connectivity index (χ0v) is 11.8. The van der Waals surface area contributed by atoms with E-state index in [0.717, 1.165) is 12.8 Å². The molecule has 1 aromatic rings. The Morgan fingerprint density at radius 1 is 1.42 bits per heavy atom. The molecule has 0 radical (unpaired) electrons. The van der Waals surface area contributed by atoms with E-state index in [1.807, 2.05) is 24.4 Å². The number of rotatable bonds is 8. The minimum absolute atomic E-state index is 0.175. The van der Waals surface area contributed by atoms with Crippen LogP contribution in [0.25, 0.3) is 0 Å². The molecule has 5 nitrogen and oxygen atoms in total. The van der Waals surface area contributed by atoms with Crippen LogP contribution in [0.5, 0.6) is 0 Å². The smallest absolute Gasteiger partial charge is 0.314 e. The summed E-state index contributed by atoms with van der Waals surface area (Å²) >= 11 is 1.65. The van der Waals surface area contributed by atoms with E-state index in [9.17, 15) is 9.59 Å². The Balaban J connectivity index is 2.17. The van der Waals surface area contributed by atoms with Crippen molar-refractivity contribution in [2.75, 3.05) is 13.1 Å². The van der Waals surface area contributed by atoms with Gasteiger partial charge in [-0.25, -0.2) is 4.79 Å². The number of hydrogen-bond donors (Lipinski definition) is 3. The van der Waals surface area contributed by atoms with Crippen LogP contribution in [-0.2, 0) is 11.2 Å². The normalized spacial score (nSPS) is 11.8. The number of carboxylic acid groups (broad SMARTS) is 1. The molecule has 0 saturated heterocycles. The lowest BCUT2D eigenvalue weighted by Crippen LogP contribution is -2.40. The number of aliphatic carboxylic acids is 1. The van der Waals surface area contributed by atoms with E-state index in [-0.39, 0.29) is 12.6 Å². The van der Waals surface area contributed by atoms with Crippen LogP contribution in [0.4, 0.5) is 4.79 Å². The molecule has 19 heavy (non-hydrogen) atoms. The molecule has 106 valence electrons. The molecule has 1 unspecified atom stereocenters. The molecule has 0 aliphatic heterocycles. The van der Waals surface area contributed by atoms with Crippen molar-refractivity contribution in [2.45, 2.75) is 26.2 Å². The molecule has 1 atom stereocenters. The van der Waals surface area contributed by atoms with Crippen LogP contribution < -0.4 is 10.6 Å². The highest BCUT2D eigenvalue weighted by Gasteiger charge is 2.16. The summed E-state index contributed by atoms with van der Waals surface area (Å²) < 4.78 is 0. The molecule has 0 spiro atoms. The molecule has 6 heteroatoms. The van der Waals surface area contributed by atoms with Gasteiger partial charge in [-0.15, -0.1) is 11.3 Å². The van der Waals surface area contributed by atoms with Crippen LogP contribution in [-0.4, -0.2) is 30.2 Å². The molecular formula is C13H20N2O3S. The number of thiophene rings is 1. The minimum atomic E-state index is -0.860. The summed E-state index contributed by atoms with van der Waals surface area (Å²) in [5.74, 6) is -1.37. The quantitative estimate of drug-likeness (QED) is 0.684. The summed E-state index contributed by atoms with van der Waals surface area (Å²) in [7, 11) is 0. The van der Waals surface area contributed by atoms with Gasteiger partial charge in [-0.05, 0) is 24.3 Å². The van der Waals surface area contributed by atoms with Gasteiger partial charge in [0.25, 0.3) is 0 Å². The second-order valence-electron chi connectivity index (χ2n) is 4.29. The topological polar surface area (TPSA) is 78.4 Å². The standard InChI is InChI=1S/C13H20N2O3S/c1-2-4-10(12(16)17)9-15-13(18)14-7-6-11-5-3-8-19-11/h3,5,8,10H,2,4,6-7,9H2,1H3,(H,16,17)(H2,14,15,18). The van der Waals surface area contributed by atoms with E-state index >= 15 is 0 Å². The Hall–Kier alpha value is -1.56. The summed E-state index contributed by atoms with van der Waals surface area (Å²) in [5.41, 5.74) is 0. The second-order valence-corrected chi connectivity index (χ2v) is 5.32. The fraction of sp³-hybridized carbons (Fsp3) is 0.538. The van der Waals surface area contributed by atoms with Crippen LogP contribution in [0.3, 0.4) is 0 Å². The van der Waals surface area contributed by atoms with Gasteiger partial charge < -0.3 is 15.7 Å². The molecule has 0 fully saturated rings. The first kappa shape index (κ1) is 15.5. The van der Waals surface area contributed by atoms with E-state index in [1.165, 1.54) is 4.88 Å². The van der Waals surface area contributed by atoms with Crippen LogP contribution in [0, 0.1) is 5.92 Å². The molecule has 0 bridgehead atoms. The molecular weight excluding hydrogens is 264 g/mol. The van der Waals surface area contributed by atoms with Crippen molar-refractivity contribution in [1.82, 2.24) is 10.6 Å². The molecule has 2 amide bonds. The summed E-state index contributed by atoms with van der Waals surface area (Å²) in [6.07, 6.45) is 2.16. The molecule has 1 rings (SSSR count). The average Bonchev–Trinajstić information content (AvgIpc) is 2.87. The number of hydrogen-bond acceptors (Lipinski definition) is 3. The summed E-state index contributed by atoms with van der Waals surface area (Å²) in [4.78, 5) is 23.6. The number of amides is 2. The highest BCUT2D eigenvalue weighted by molar-refractivity contribution is 7.09. The van der Waals surface area contributed by atoms with Gasteiger partial charge in [0.1, 0.15) is 0 Å². The maximum absolute atomic E-state index is 11.5. The lowest BCUT2D eigenvalue weighted by molar-refractivity contribution is -0.141. The van der Waals surface area contributed by atoms with E-state index in [2.05, 4.69) is 10.6 Å². The van der Waals surface area contributed by atoms with Crippen molar-refractivity contribution < 1.29 is 14.7 Å². The first-order chi connectivity index (χ1) is 9.13. The first-order valence-corrected chi connectivity index (χ1v) is 7.28. The number of urea groups is 1. The molecule has 0 aliphatic carbocycles. The third-order valence-corrected chi connectivity index (χ3v) is 3.67. The summed E-state index contributed by atoms with van der Waals surface area (Å²) in [5, 5.41) is 16.3. The van der Waals surface area contributed by atoms with E-state index in [1.54, 1.807) is 11.3 Å². The van der Waals surface area contributed by atoms with Crippen LogP contribution in [0.15, 0.2) is 17.5 Å². The largest absolute Gasteiger partial charge is 0.481 e. The van der Waals surface area contributed by atoms with Gasteiger partial charge in [-0.1, -0.05) is 19.4 Å². The Morgan fingerprint density at radius 3 is 2.79 bits per heavy atom. The third kappa shape index (κ3) is 6.24. The second kappa shape index (κ2) is 8.53. The van der Waals surface area contributed by atoms with E-state index in [0.29, 0.717) is 13.0 Å². The minimum Gasteiger partial charge on any atom is -0.481 e. The fourth-order valence-corrected chi connectivity index (χ4v) is 2.40. The monoisotopic (exact) mass is 284 g/mol. The van der Waals surface area contributed by atoms with Gasteiger partial charge in [0.2, 0.25) is 0 Å². The lowest BCUT2D eigenvalue weighted by atomic mass is 10.0. The molecule has 1 heterocycles. The van der Waals surface area contributed by atoms with Crippen molar-refractivity contribution in [1.29, 1.82) is 0 Å². The number of carbonyl (C=O) groups is 2. The van der Waals surface area contributed by atoms with Gasteiger partial charge >= 0.3 is 12.0 Å². The Morgan fingerprint density at radius 2 is 2.21 bits per heavy atom. The van der Waals surface area contributed by atoms with Gasteiger partial charge in [-0.3, -0.25) is 4.79 Å². The Bertz CT molecular complexity index is 393. The fourth-order valence-electron chi connectivity index (χ4n) is 1.69. The summed E-state index contributed by atoms with van der Waals surface area (Å²) in [6.45, 7) is 2.66. The zero-order chi connectivity index (χ0) is 14.1. The molecule has 3 N–H and O–H groups in total. The molecule has 0 aliphatic rings. The number of carboxylic acids is 1. The predicted molar refractivity (Wildman–Crippen MR) is 75.5 cm³/mol. The van der Waals surface area contributed by atoms with Gasteiger partial charge in [0, 0.05) is 18.0 Å². The van der Waals surface area contributed by atoms with E-state index in [4.69, 9.17) is 5.11 Å². The highest BCUT2D eigenvalue weighted by atomic mass is 32.1. The van der Waals surface area contributed by atoms with Crippen molar-refractivity contribution in [3.05, 3.63) is 22.4 Å². The molecule has 0 saturated carbocycles. The van der Waals surface area contributed by atoms with Gasteiger partial charge in [0.05, 0.1) is 5.92 Å². The first-order valence-electron chi connectivity index (χ1n) is 6.40. The molecule has 1 aromatic heterocycles. The van der Waals surface area contributed by atoms with E-state index < -0.39 is 11.9 Å². The maximum atomic E-state index is 11.5. The predicted octanol–water partition coefficient (Wildman–Crippen LogP) is 2.09. The maximum Gasteiger partial charge on any atom is 0.314 e. The van der Waals surface area contributed by atoms with Crippen LogP contribution >= 0.6 is 11.3 Å². The highest BCUT2D eigenvalue weighted by Crippen LogP contribution is 2.08. The SMILES string of the molecule is CCCC(CNC(=O)NCCc1cccs1)C(=O)O. The summed E-state index contributed by atoms with van der Waals surface area (Å²) in [6, 6.07) is 3.69. The van der Waals surface area contributed by atoms with Crippen LogP contribution in [0.2, 0.25) is 0 Å². The zero-order valence-electron chi connectivity index (χ0n) is 11.0. The Kier molecular flexibility index (Phi) is 6.95. The third-order valence-electron chi connectivity index (χ3n) is 2.73. The average molecular weight is 284 g/mol. The van der Waals surface area contributed by atoms with Crippen LogP contribution in [0.1, 0.15) is 24.6 Å². The lowest BCUT2D eigenvalue weighted by Gasteiger charge is -2.12. The van der Waals surface area contributed by atoms with Gasteiger partial charge in [0.15, 0.2) is 0 Å². The Labute approximate surface area is 117 Å². The van der Waals surface area contributed by atoms with Crippen molar-refractivity contribution >= 4 is 23.3 Å². The number of carbonyl (C=O) groups excluding carboxylic acids is 1. The number of nitrogens with one attached hydrogen (secondary N) is 2. The molecule has 0 aromatic carbocycles.